The molecule has 0 radical (unpaired) electrons. The lowest BCUT2D eigenvalue weighted by Crippen LogP contribution is -2.51. The predicted molar refractivity (Wildman–Crippen MR) is 130 cm³/mol. The molecule has 1 saturated heterocycles. The summed E-state index contributed by atoms with van der Waals surface area (Å²) in [6.45, 7) is 12.2. The number of fused-ring (bicyclic) bond motifs is 2. The third-order valence-corrected chi connectivity index (χ3v) is 9.24. The molecule has 3 aliphatic carbocycles. The molecular formula is C28H38O8. The quantitative estimate of drug-likeness (QED) is 0.293. The van der Waals surface area contributed by atoms with Crippen molar-refractivity contribution < 1.29 is 38.9 Å². The molecule has 2 N–H and O–H groups in total. The number of carboxylic acids is 1. The highest BCUT2D eigenvalue weighted by Crippen LogP contribution is 2.64. The molecule has 1 heterocycles. The van der Waals surface area contributed by atoms with E-state index in [0.717, 1.165) is 31.3 Å². The summed E-state index contributed by atoms with van der Waals surface area (Å²) in [6, 6.07) is 0. The van der Waals surface area contributed by atoms with Gasteiger partial charge in [0.05, 0.1) is 18.4 Å². The molecule has 4 rings (SSSR count). The SMILES string of the molecule is C=C1CCC2C(C)(C)CCC[C@]2(C)[C@H]1C[C@@]12O[C@@H]1C(=O)C(COC(=O)C[C@@](C)(O)CC(=O)O)=CC2=O. The maximum Gasteiger partial charge on any atom is 0.309 e. The topological polar surface area (TPSA) is 130 Å². The van der Waals surface area contributed by atoms with Crippen LogP contribution in [0.4, 0.5) is 0 Å². The largest absolute Gasteiger partial charge is 0.481 e. The zero-order valence-corrected chi connectivity index (χ0v) is 21.7. The number of aliphatic hydroxyl groups is 1. The van der Waals surface area contributed by atoms with Crippen LogP contribution in [0.25, 0.3) is 0 Å². The van der Waals surface area contributed by atoms with E-state index in [9.17, 15) is 24.3 Å². The van der Waals surface area contributed by atoms with Gasteiger partial charge in [-0.15, -0.1) is 0 Å². The van der Waals surface area contributed by atoms with Gasteiger partial charge in [0.2, 0.25) is 0 Å². The van der Waals surface area contributed by atoms with Crippen molar-refractivity contribution in [2.45, 2.75) is 96.4 Å². The van der Waals surface area contributed by atoms with Crippen LogP contribution in [0.2, 0.25) is 0 Å². The number of allylic oxidation sites excluding steroid dienone is 1. The summed E-state index contributed by atoms with van der Waals surface area (Å²) in [5.41, 5.74) is -1.55. The summed E-state index contributed by atoms with van der Waals surface area (Å²) in [6.07, 6.45) is 5.01. The van der Waals surface area contributed by atoms with Crippen LogP contribution in [0.15, 0.2) is 23.8 Å². The molecule has 4 aliphatic rings. The van der Waals surface area contributed by atoms with Gasteiger partial charge in [-0.05, 0) is 67.8 Å². The van der Waals surface area contributed by atoms with Crippen LogP contribution >= 0.6 is 0 Å². The van der Waals surface area contributed by atoms with Crippen LogP contribution in [-0.2, 0) is 28.7 Å². The minimum atomic E-state index is -1.78. The molecule has 1 aliphatic heterocycles. The van der Waals surface area contributed by atoms with Crippen molar-refractivity contribution >= 4 is 23.5 Å². The maximum absolute atomic E-state index is 13.3. The van der Waals surface area contributed by atoms with Gasteiger partial charge in [-0.3, -0.25) is 19.2 Å². The number of Topliss-reactive ketones (excluding diaryl/α,β-unsaturated/α-hetero) is 1. The molecule has 2 saturated carbocycles. The molecule has 0 aromatic heterocycles. The van der Waals surface area contributed by atoms with Crippen molar-refractivity contribution in [3.8, 4) is 0 Å². The first kappa shape index (κ1) is 26.7. The molecule has 198 valence electrons. The Bertz CT molecular complexity index is 1040. The Morgan fingerprint density at radius 1 is 1.22 bits per heavy atom. The van der Waals surface area contributed by atoms with Crippen LogP contribution in [0, 0.1) is 22.7 Å². The van der Waals surface area contributed by atoms with Gasteiger partial charge in [0.15, 0.2) is 23.3 Å². The lowest BCUT2D eigenvalue weighted by atomic mass is 9.46. The highest BCUT2D eigenvalue weighted by Gasteiger charge is 2.69. The van der Waals surface area contributed by atoms with Gasteiger partial charge in [0.1, 0.15) is 6.61 Å². The summed E-state index contributed by atoms with van der Waals surface area (Å²) in [7, 11) is 0. The first-order valence-electron chi connectivity index (χ1n) is 12.9. The van der Waals surface area contributed by atoms with E-state index < -0.39 is 48.7 Å². The van der Waals surface area contributed by atoms with Crippen LogP contribution in [0.1, 0.15) is 79.1 Å². The molecule has 6 atom stereocenters. The molecule has 8 heteroatoms. The van der Waals surface area contributed by atoms with Crippen LogP contribution in [-0.4, -0.2) is 57.6 Å². The van der Waals surface area contributed by atoms with E-state index in [4.69, 9.17) is 14.6 Å². The standard InChI is InChI=1S/C28H38O8/c1-16-7-8-19-25(2,3)9-6-10-27(19,5)18(16)12-28-20(29)11-17(23(33)24(28)36-28)15-35-22(32)14-26(4,34)13-21(30)31/h11,18-19,24,34H,1,6-10,12-15H2,2-5H3,(H,30,31)/t18-,19?,24+,26-,27+,28-/m0/s1. The Hall–Kier alpha value is -2.32. The minimum absolute atomic E-state index is 0.00190. The summed E-state index contributed by atoms with van der Waals surface area (Å²) >= 11 is 0. The number of epoxide rings is 1. The van der Waals surface area contributed by atoms with Crippen molar-refractivity contribution in [3.63, 3.8) is 0 Å². The maximum atomic E-state index is 13.3. The highest BCUT2D eigenvalue weighted by molar-refractivity contribution is 6.18. The first-order chi connectivity index (χ1) is 16.6. The van der Waals surface area contributed by atoms with Gasteiger partial charge < -0.3 is 19.7 Å². The van der Waals surface area contributed by atoms with Gasteiger partial charge >= 0.3 is 11.9 Å². The number of carbonyl (C=O) groups excluding carboxylic acids is 3. The number of esters is 1. The van der Waals surface area contributed by atoms with Crippen molar-refractivity contribution in [2.24, 2.45) is 22.7 Å². The second-order valence-electron chi connectivity index (χ2n) is 12.5. The Morgan fingerprint density at radius 3 is 2.58 bits per heavy atom. The number of carbonyl (C=O) groups is 4. The average molecular weight is 503 g/mol. The van der Waals surface area contributed by atoms with E-state index in [2.05, 4.69) is 27.4 Å². The van der Waals surface area contributed by atoms with Crippen molar-refractivity contribution in [2.75, 3.05) is 6.61 Å². The molecule has 1 unspecified atom stereocenters. The second-order valence-corrected chi connectivity index (χ2v) is 12.5. The van der Waals surface area contributed by atoms with Gasteiger partial charge in [-0.25, -0.2) is 0 Å². The number of hydrogen-bond acceptors (Lipinski definition) is 7. The van der Waals surface area contributed by atoms with Gasteiger partial charge in [0, 0.05) is 5.57 Å². The van der Waals surface area contributed by atoms with E-state index in [1.807, 2.05) is 0 Å². The Balaban J connectivity index is 1.45. The Kier molecular flexibility index (Phi) is 6.62. The third kappa shape index (κ3) is 4.70. The highest BCUT2D eigenvalue weighted by atomic mass is 16.6. The van der Waals surface area contributed by atoms with Crippen molar-refractivity contribution in [1.29, 1.82) is 0 Å². The average Bonchev–Trinajstić information content (AvgIpc) is 3.47. The molecule has 0 bridgehead atoms. The number of ether oxygens (including phenoxy) is 2. The van der Waals surface area contributed by atoms with Gasteiger partial charge in [-0.1, -0.05) is 39.3 Å². The van der Waals surface area contributed by atoms with Gasteiger partial charge in [0.25, 0.3) is 0 Å². The van der Waals surface area contributed by atoms with Crippen LogP contribution in [0.5, 0.6) is 0 Å². The number of carboxylic acid groups (broad SMARTS) is 1. The van der Waals surface area contributed by atoms with E-state index >= 15 is 0 Å². The lowest BCUT2D eigenvalue weighted by Gasteiger charge is -2.58. The van der Waals surface area contributed by atoms with E-state index in [0.29, 0.717) is 12.3 Å². The number of ketones is 2. The van der Waals surface area contributed by atoms with Gasteiger partial charge in [-0.2, -0.15) is 0 Å². The summed E-state index contributed by atoms with van der Waals surface area (Å²) < 4.78 is 10.9. The first-order valence-corrected chi connectivity index (χ1v) is 12.9. The molecular weight excluding hydrogens is 464 g/mol. The molecule has 36 heavy (non-hydrogen) atoms. The molecule has 0 aromatic carbocycles. The number of rotatable bonds is 8. The Labute approximate surface area is 212 Å². The predicted octanol–water partition coefficient (Wildman–Crippen LogP) is 3.55. The Morgan fingerprint density at radius 2 is 1.92 bits per heavy atom. The van der Waals surface area contributed by atoms with Crippen molar-refractivity contribution in [1.82, 2.24) is 0 Å². The fourth-order valence-electron chi connectivity index (χ4n) is 7.38. The second kappa shape index (κ2) is 8.91. The lowest BCUT2D eigenvalue weighted by molar-refractivity contribution is -0.151. The smallest absolute Gasteiger partial charge is 0.309 e. The number of hydrogen-bond donors (Lipinski definition) is 2. The monoisotopic (exact) mass is 502 g/mol. The van der Waals surface area contributed by atoms with Crippen LogP contribution in [0.3, 0.4) is 0 Å². The molecule has 3 fully saturated rings. The zero-order valence-electron chi connectivity index (χ0n) is 21.7. The van der Waals surface area contributed by atoms with Crippen molar-refractivity contribution in [3.05, 3.63) is 23.8 Å². The normalized spacial score (nSPS) is 36.8. The third-order valence-electron chi connectivity index (χ3n) is 9.24. The fraction of sp³-hybridized carbons (Fsp3) is 0.714. The number of aliphatic carboxylic acids is 1. The molecule has 0 amide bonds. The molecule has 8 nitrogen and oxygen atoms in total. The van der Waals surface area contributed by atoms with E-state index in [1.165, 1.54) is 19.4 Å². The summed E-state index contributed by atoms with van der Waals surface area (Å²) in [5, 5.41) is 18.9. The minimum Gasteiger partial charge on any atom is -0.481 e. The zero-order chi connectivity index (χ0) is 26.7. The fourth-order valence-corrected chi connectivity index (χ4v) is 7.38. The van der Waals surface area contributed by atoms with Crippen LogP contribution < -0.4 is 0 Å². The molecule has 0 aromatic rings. The van der Waals surface area contributed by atoms with E-state index in [-0.39, 0.29) is 33.9 Å². The molecule has 0 spiro atoms. The summed E-state index contributed by atoms with van der Waals surface area (Å²) in [5.74, 6) is -2.16. The summed E-state index contributed by atoms with van der Waals surface area (Å²) in [4.78, 5) is 49.2. The van der Waals surface area contributed by atoms with E-state index in [1.54, 1.807) is 0 Å².